The van der Waals surface area contributed by atoms with Crippen molar-refractivity contribution < 1.29 is 24.0 Å². The number of nitro benzene ring substituents is 1. The zero-order valence-electron chi connectivity index (χ0n) is 17.8. The molecule has 3 aromatic rings. The maximum Gasteiger partial charge on any atom is 0.270 e. The second-order valence-corrected chi connectivity index (χ2v) is 8.00. The van der Waals surface area contributed by atoms with E-state index in [1.54, 1.807) is 42.5 Å². The quantitative estimate of drug-likeness (QED) is 0.230. The summed E-state index contributed by atoms with van der Waals surface area (Å²) in [6, 6.07) is 14.2. The average Bonchev–Trinajstić information content (AvgIpc) is 3.44. The lowest BCUT2D eigenvalue weighted by Gasteiger charge is -2.12. The van der Waals surface area contributed by atoms with Crippen LogP contribution in [0.4, 0.5) is 5.69 Å². The molecule has 0 unspecified atom stereocenters. The number of non-ortho nitro benzene ring substituents is 1. The number of carbonyl (C=O) groups is 1. The minimum Gasteiger partial charge on any atom is -0.504 e. The topological polar surface area (TPSA) is 131 Å². The molecule has 1 fully saturated rings. The molecule has 2 aromatic carbocycles. The molecule has 0 bridgehead atoms. The molecule has 1 N–H and O–H groups in total. The summed E-state index contributed by atoms with van der Waals surface area (Å²) in [4.78, 5) is 25.4. The monoisotopic (exact) mass is 478 g/mol. The van der Waals surface area contributed by atoms with Crippen LogP contribution in [0.5, 0.6) is 11.5 Å². The third-order valence-corrected chi connectivity index (χ3v) is 5.71. The first-order valence-electron chi connectivity index (χ1n) is 9.91. The van der Waals surface area contributed by atoms with E-state index >= 15 is 0 Å². The van der Waals surface area contributed by atoms with E-state index in [4.69, 9.17) is 9.15 Å². The molecule has 11 heteroatoms. The molecular formula is C23H18N4O6S. The fraction of sp³-hybridized carbons (Fsp3) is 0.0870. The highest BCUT2D eigenvalue weighted by molar-refractivity contribution is 8.18. The summed E-state index contributed by atoms with van der Waals surface area (Å²) in [6.07, 6.45) is 4.55. The van der Waals surface area contributed by atoms with Crippen LogP contribution < -0.4 is 4.74 Å². The Balaban J connectivity index is 1.63. The van der Waals surface area contributed by atoms with Crippen molar-refractivity contribution in [2.24, 2.45) is 10.2 Å². The summed E-state index contributed by atoms with van der Waals surface area (Å²) in [7, 11) is 1.44. The van der Waals surface area contributed by atoms with Gasteiger partial charge in [0.2, 0.25) is 0 Å². The van der Waals surface area contributed by atoms with Crippen molar-refractivity contribution in [2.75, 3.05) is 7.11 Å². The maximum atomic E-state index is 13.1. The highest BCUT2D eigenvalue weighted by Gasteiger charge is 2.34. The second-order valence-electron chi connectivity index (χ2n) is 6.99. The van der Waals surface area contributed by atoms with Crippen LogP contribution in [0.2, 0.25) is 0 Å². The van der Waals surface area contributed by atoms with Crippen LogP contribution in [0.25, 0.3) is 6.08 Å². The van der Waals surface area contributed by atoms with Crippen molar-refractivity contribution in [3.05, 3.63) is 92.8 Å². The SMILES string of the molecule is COc1cc(/C=N\N=C2\S/C(=C\c3cccc([N+](=O)[O-])c3)C(=O)N2Cc2ccco2)ccc1O. The van der Waals surface area contributed by atoms with E-state index in [1.165, 1.54) is 42.7 Å². The van der Waals surface area contributed by atoms with E-state index in [9.17, 15) is 20.0 Å². The van der Waals surface area contributed by atoms with Gasteiger partial charge in [-0.05, 0) is 59.3 Å². The van der Waals surface area contributed by atoms with E-state index in [0.29, 0.717) is 32.7 Å². The Morgan fingerprint density at radius 1 is 1.21 bits per heavy atom. The Labute approximate surface area is 198 Å². The number of nitro groups is 1. The summed E-state index contributed by atoms with van der Waals surface area (Å²) in [6.45, 7) is 0.145. The largest absolute Gasteiger partial charge is 0.504 e. The number of aromatic hydroxyl groups is 1. The highest BCUT2D eigenvalue weighted by atomic mass is 32.2. The molecule has 0 aliphatic carbocycles. The molecule has 0 spiro atoms. The Morgan fingerprint density at radius 2 is 2.06 bits per heavy atom. The molecule has 0 radical (unpaired) electrons. The molecule has 10 nitrogen and oxygen atoms in total. The minimum absolute atomic E-state index is 0.00320. The third-order valence-electron chi connectivity index (χ3n) is 4.71. The smallest absolute Gasteiger partial charge is 0.270 e. The Morgan fingerprint density at radius 3 is 2.79 bits per heavy atom. The molecule has 172 valence electrons. The molecule has 34 heavy (non-hydrogen) atoms. The third kappa shape index (κ3) is 5.15. The summed E-state index contributed by atoms with van der Waals surface area (Å²) >= 11 is 1.10. The molecule has 0 saturated carbocycles. The fourth-order valence-corrected chi connectivity index (χ4v) is 4.01. The molecule has 1 amide bonds. The average molecular weight is 478 g/mol. The maximum absolute atomic E-state index is 13.1. The van der Waals surface area contributed by atoms with Crippen molar-refractivity contribution in [1.82, 2.24) is 4.90 Å². The van der Waals surface area contributed by atoms with E-state index in [2.05, 4.69) is 10.2 Å². The van der Waals surface area contributed by atoms with E-state index in [0.717, 1.165) is 11.8 Å². The number of methoxy groups -OCH3 is 1. The predicted molar refractivity (Wildman–Crippen MR) is 128 cm³/mol. The first-order chi connectivity index (χ1) is 16.4. The molecule has 4 rings (SSSR count). The van der Waals surface area contributed by atoms with E-state index in [1.807, 2.05) is 0 Å². The molecule has 0 atom stereocenters. The predicted octanol–water partition coefficient (Wildman–Crippen LogP) is 4.41. The van der Waals surface area contributed by atoms with Crippen molar-refractivity contribution in [1.29, 1.82) is 0 Å². The number of benzene rings is 2. The number of phenols is 1. The number of carbonyl (C=O) groups excluding carboxylic acids is 1. The number of amides is 1. The molecule has 1 aliphatic heterocycles. The first kappa shape index (κ1) is 22.8. The molecule has 2 heterocycles. The highest BCUT2D eigenvalue weighted by Crippen LogP contribution is 2.34. The summed E-state index contributed by atoms with van der Waals surface area (Å²) < 4.78 is 10.5. The number of amidine groups is 1. The standard InChI is InChI=1S/C23H18N4O6S/c1-32-20-11-16(7-8-19(20)28)13-24-25-23-26(14-18-6-3-9-33-18)22(29)21(34-23)12-15-4-2-5-17(10-15)27(30)31/h2-13,28H,14H2,1H3/b21-12-,24-13-,25-23+. The number of hydrogen-bond donors (Lipinski definition) is 1. The Hall–Kier alpha value is -4.38. The van der Waals surface area contributed by atoms with Crippen molar-refractivity contribution >= 4 is 40.8 Å². The lowest BCUT2D eigenvalue weighted by Crippen LogP contribution is -2.28. The number of furan rings is 1. The first-order valence-corrected chi connectivity index (χ1v) is 10.7. The molecule has 1 aromatic heterocycles. The van der Waals surface area contributed by atoms with E-state index < -0.39 is 4.92 Å². The summed E-state index contributed by atoms with van der Waals surface area (Å²) in [5.41, 5.74) is 1.09. The number of ether oxygens (including phenoxy) is 1. The van der Waals surface area contributed by atoms with Gasteiger partial charge in [0.05, 0.1) is 36.0 Å². The van der Waals surface area contributed by atoms with Crippen molar-refractivity contribution in [2.45, 2.75) is 6.54 Å². The molecule has 1 saturated heterocycles. The van der Waals surface area contributed by atoms with Crippen LogP contribution in [0.1, 0.15) is 16.9 Å². The zero-order valence-corrected chi connectivity index (χ0v) is 18.6. The number of rotatable bonds is 7. The van der Waals surface area contributed by atoms with Gasteiger partial charge in [0, 0.05) is 12.1 Å². The number of thioether (sulfide) groups is 1. The Kier molecular flexibility index (Phi) is 6.74. The van der Waals surface area contributed by atoms with Gasteiger partial charge in [-0.1, -0.05) is 12.1 Å². The summed E-state index contributed by atoms with van der Waals surface area (Å²) in [5.74, 6) is 0.533. The number of nitrogens with zero attached hydrogens (tertiary/aromatic N) is 4. The van der Waals surface area contributed by atoms with Crippen LogP contribution in [-0.2, 0) is 11.3 Å². The normalized spacial score (nSPS) is 16.1. The van der Waals surface area contributed by atoms with Gasteiger partial charge in [0.25, 0.3) is 11.6 Å². The van der Waals surface area contributed by atoms with Gasteiger partial charge in [0.1, 0.15) is 5.76 Å². The lowest BCUT2D eigenvalue weighted by atomic mass is 10.2. The van der Waals surface area contributed by atoms with Gasteiger partial charge in [-0.25, -0.2) is 0 Å². The second kappa shape index (κ2) is 10.0. The molecule has 1 aliphatic rings. The van der Waals surface area contributed by atoms with Crippen LogP contribution in [0, 0.1) is 10.1 Å². The van der Waals surface area contributed by atoms with Crippen molar-refractivity contribution in [3.63, 3.8) is 0 Å². The van der Waals surface area contributed by atoms with Crippen LogP contribution >= 0.6 is 11.8 Å². The van der Waals surface area contributed by atoms with Gasteiger partial charge in [-0.15, -0.1) is 5.10 Å². The van der Waals surface area contributed by atoms with Gasteiger partial charge in [0.15, 0.2) is 16.7 Å². The molecular weight excluding hydrogens is 460 g/mol. The van der Waals surface area contributed by atoms with Crippen molar-refractivity contribution in [3.8, 4) is 11.5 Å². The van der Waals surface area contributed by atoms with Gasteiger partial charge >= 0.3 is 0 Å². The van der Waals surface area contributed by atoms with Crippen LogP contribution in [0.3, 0.4) is 0 Å². The zero-order chi connectivity index (χ0) is 24.1. The number of hydrogen-bond acceptors (Lipinski definition) is 9. The van der Waals surface area contributed by atoms with Gasteiger partial charge < -0.3 is 14.3 Å². The lowest BCUT2D eigenvalue weighted by molar-refractivity contribution is -0.384. The summed E-state index contributed by atoms with van der Waals surface area (Å²) in [5, 5.41) is 29.4. The van der Waals surface area contributed by atoms with Gasteiger partial charge in [-0.3, -0.25) is 19.8 Å². The van der Waals surface area contributed by atoms with Crippen LogP contribution in [0.15, 0.2) is 80.4 Å². The minimum atomic E-state index is -0.491. The fourth-order valence-electron chi connectivity index (χ4n) is 3.08. The number of phenolic OH excluding ortho intramolecular Hbond substituents is 1. The van der Waals surface area contributed by atoms with E-state index in [-0.39, 0.29) is 23.9 Å². The van der Waals surface area contributed by atoms with Crippen LogP contribution in [-0.4, -0.2) is 39.3 Å². The van der Waals surface area contributed by atoms with Gasteiger partial charge in [-0.2, -0.15) is 5.10 Å². The Bertz CT molecular complexity index is 1320.